The average molecular weight is 386 g/mol. The molecule has 2 aliphatic heterocycles. The Morgan fingerprint density at radius 2 is 1.79 bits per heavy atom. The summed E-state index contributed by atoms with van der Waals surface area (Å²) in [4.78, 5) is 41.1. The lowest BCUT2D eigenvalue weighted by molar-refractivity contribution is -0.127. The van der Waals surface area contributed by atoms with E-state index < -0.39 is 11.0 Å². The zero-order chi connectivity index (χ0) is 20.7. The Kier molecular flexibility index (Phi) is 5.26. The number of carbonyl (C=O) groups is 3. The molecular weight excluding hydrogens is 356 g/mol. The van der Waals surface area contributed by atoms with Crippen molar-refractivity contribution in [1.82, 2.24) is 4.90 Å². The van der Waals surface area contributed by atoms with Crippen molar-refractivity contribution in [2.24, 2.45) is 0 Å². The molecule has 28 heavy (non-hydrogen) atoms. The molecule has 0 bridgehead atoms. The van der Waals surface area contributed by atoms with Crippen molar-refractivity contribution in [2.45, 2.75) is 70.9 Å². The van der Waals surface area contributed by atoms with Gasteiger partial charge < -0.3 is 14.5 Å². The van der Waals surface area contributed by atoms with Gasteiger partial charge in [0.15, 0.2) is 0 Å². The van der Waals surface area contributed by atoms with Crippen molar-refractivity contribution in [3.8, 4) is 0 Å². The van der Waals surface area contributed by atoms with E-state index in [9.17, 15) is 14.4 Å². The zero-order valence-corrected chi connectivity index (χ0v) is 17.4. The number of para-hydroxylation sites is 1. The molecule has 1 saturated heterocycles. The van der Waals surface area contributed by atoms with Crippen LogP contribution in [-0.4, -0.2) is 47.4 Å². The van der Waals surface area contributed by atoms with Crippen molar-refractivity contribution >= 4 is 23.5 Å². The molecule has 2 heterocycles. The van der Waals surface area contributed by atoms with Gasteiger partial charge in [-0.2, -0.15) is 0 Å². The number of carbonyl (C=O) groups excluding carboxylic acids is 3. The number of hydrogen-bond acceptors (Lipinski definition) is 4. The highest BCUT2D eigenvalue weighted by Crippen LogP contribution is 2.45. The first-order valence-corrected chi connectivity index (χ1v) is 9.93. The summed E-state index contributed by atoms with van der Waals surface area (Å²) in [6.45, 7) is 10.1. The van der Waals surface area contributed by atoms with Gasteiger partial charge in [0.05, 0.1) is 5.41 Å². The van der Waals surface area contributed by atoms with Crippen LogP contribution in [0.4, 0.5) is 10.5 Å². The largest absolute Gasteiger partial charge is 0.444 e. The molecule has 1 aromatic carbocycles. The molecule has 0 aromatic heterocycles. The Balaban J connectivity index is 1.77. The van der Waals surface area contributed by atoms with Crippen LogP contribution < -0.4 is 4.90 Å². The predicted octanol–water partition coefficient (Wildman–Crippen LogP) is 3.67. The summed E-state index contributed by atoms with van der Waals surface area (Å²) >= 11 is 0. The molecule has 0 aliphatic carbocycles. The fourth-order valence-electron chi connectivity index (χ4n) is 4.31. The summed E-state index contributed by atoms with van der Waals surface area (Å²) in [5.41, 5.74) is 0.480. The normalized spacial score (nSPS) is 23.0. The molecule has 2 aliphatic rings. The maximum Gasteiger partial charge on any atom is 0.410 e. The second-order valence-electron chi connectivity index (χ2n) is 9.10. The van der Waals surface area contributed by atoms with Gasteiger partial charge >= 0.3 is 6.09 Å². The summed E-state index contributed by atoms with van der Waals surface area (Å²) in [7, 11) is 0. The van der Waals surface area contributed by atoms with Gasteiger partial charge in [-0.15, -0.1) is 0 Å². The van der Waals surface area contributed by atoms with Crippen LogP contribution in [0.15, 0.2) is 24.3 Å². The van der Waals surface area contributed by atoms with Gasteiger partial charge in [-0.3, -0.25) is 9.59 Å². The van der Waals surface area contributed by atoms with Crippen LogP contribution in [0.5, 0.6) is 0 Å². The standard InChI is InChI=1S/C22H30N2O4/c1-15(25)14-22(5)17-8-6-7-9-18(17)24(19(22)26)16-10-12-23(13-11-16)20(27)28-21(2,3)4/h6-9,16H,10-14H2,1-5H3. The Morgan fingerprint density at radius 1 is 1.18 bits per heavy atom. The highest BCUT2D eigenvalue weighted by Gasteiger charge is 2.50. The number of ether oxygens (including phenoxy) is 1. The predicted molar refractivity (Wildman–Crippen MR) is 107 cm³/mol. The van der Waals surface area contributed by atoms with Gasteiger partial charge in [0.2, 0.25) is 5.91 Å². The zero-order valence-electron chi connectivity index (χ0n) is 17.4. The Labute approximate surface area is 166 Å². The minimum atomic E-state index is -0.815. The van der Waals surface area contributed by atoms with E-state index in [0.29, 0.717) is 25.9 Å². The Morgan fingerprint density at radius 3 is 2.36 bits per heavy atom. The molecule has 2 amide bonds. The SMILES string of the molecule is CC(=O)CC1(C)C(=O)N(C2CCN(C(=O)OC(C)(C)C)CC2)c2ccccc21. The number of benzene rings is 1. The number of Topliss-reactive ketones (excluding diaryl/α,β-unsaturated/α-hetero) is 1. The number of anilines is 1. The number of rotatable bonds is 3. The van der Waals surface area contributed by atoms with Crippen LogP contribution in [-0.2, 0) is 19.7 Å². The van der Waals surface area contributed by atoms with Crippen LogP contribution in [0.25, 0.3) is 0 Å². The third-order valence-corrected chi connectivity index (χ3v) is 5.53. The molecule has 1 atom stereocenters. The van der Waals surface area contributed by atoms with Crippen molar-refractivity contribution in [3.05, 3.63) is 29.8 Å². The fourth-order valence-corrected chi connectivity index (χ4v) is 4.31. The summed E-state index contributed by atoms with van der Waals surface area (Å²) in [6.07, 6.45) is 1.28. The average Bonchev–Trinajstić information content (AvgIpc) is 2.81. The van der Waals surface area contributed by atoms with Crippen LogP contribution in [0, 0.1) is 0 Å². The van der Waals surface area contributed by atoms with Gasteiger partial charge in [-0.1, -0.05) is 18.2 Å². The van der Waals surface area contributed by atoms with Crippen LogP contribution >= 0.6 is 0 Å². The third kappa shape index (κ3) is 3.77. The molecule has 0 saturated carbocycles. The van der Waals surface area contributed by atoms with Crippen molar-refractivity contribution in [2.75, 3.05) is 18.0 Å². The van der Waals surface area contributed by atoms with Crippen LogP contribution in [0.1, 0.15) is 59.4 Å². The first kappa shape index (κ1) is 20.4. The van der Waals surface area contributed by atoms with E-state index in [1.54, 1.807) is 4.90 Å². The number of fused-ring (bicyclic) bond motifs is 1. The number of amides is 2. The maximum absolute atomic E-state index is 13.4. The van der Waals surface area contributed by atoms with E-state index in [1.165, 1.54) is 6.92 Å². The van der Waals surface area contributed by atoms with Crippen molar-refractivity contribution in [1.29, 1.82) is 0 Å². The van der Waals surface area contributed by atoms with Gasteiger partial charge in [0, 0.05) is 31.2 Å². The van der Waals surface area contributed by atoms with Gasteiger partial charge in [0.1, 0.15) is 11.4 Å². The molecule has 1 fully saturated rings. The molecule has 0 radical (unpaired) electrons. The summed E-state index contributed by atoms with van der Waals surface area (Å²) in [5, 5.41) is 0. The first-order chi connectivity index (χ1) is 13.0. The second-order valence-corrected chi connectivity index (χ2v) is 9.10. The minimum Gasteiger partial charge on any atom is -0.444 e. The van der Waals surface area contributed by atoms with Crippen molar-refractivity contribution < 1.29 is 19.1 Å². The fraction of sp³-hybridized carbons (Fsp3) is 0.591. The molecule has 6 heteroatoms. The van der Waals surface area contributed by atoms with Crippen LogP contribution in [0.2, 0.25) is 0 Å². The quantitative estimate of drug-likeness (QED) is 0.795. The highest BCUT2D eigenvalue weighted by molar-refractivity contribution is 6.10. The number of hydrogen-bond donors (Lipinski definition) is 0. The lowest BCUT2D eigenvalue weighted by Crippen LogP contribution is -2.51. The molecule has 1 unspecified atom stereocenters. The summed E-state index contributed by atoms with van der Waals surface area (Å²) < 4.78 is 5.46. The second kappa shape index (κ2) is 7.22. The molecule has 1 aromatic rings. The molecule has 3 rings (SSSR count). The maximum atomic E-state index is 13.4. The van der Waals surface area contributed by atoms with E-state index in [0.717, 1.165) is 11.3 Å². The first-order valence-electron chi connectivity index (χ1n) is 9.93. The smallest absolute Gasteiger partial charge is 0.410 e. The number of likely N-dealkylation sites (tertiary alicyclic amines) is 1. The lowest BCUT2D eigenvalue weighted by atomic mass is 9.79. The highest BCUT2D eigenvalue weighted by atomic mass is 16.6. The number of nitrogens with zero attached hydrogens (tertiary/aromatic N) is 2. The third-order valence-electron chi connectivity index (χ3n) is 5.53. The number of piperidine rings is 1. The monoisotopic (exact) mass is 386 g/mol. The minimum absolute atomic E-state index is 0.00671. The Hall–Kier alpha value is -2.37. The molecular formula is C22H30N2O4. The van der Waals surface area contributed by atoms with Crippen LogP contribution in [0.3, 0.4) is 0 Å². The molecule has 0 spiro atoms. The van der Waals surface area contributed by atoms with E-state index in [4.69, 9.17) is 4.74 Å². The van der Waals surface area contributed by atoms with Gasteiger partial charge in [-0.05, 0) is 59.1 Å². The van der Waals surface area contributed by atoms with E-state index in [2.05, 4.69) is 0 Å². The van der Waals surface area contributed by atoms with E-state index in [-0.39, 0.29) is 30.2 Å². The summed E-state index contributed by atoms with van der Waals surface area (Å²) in [5.74, 6) is -0.00753. The molecule has 0 N–H and O–H groups in total. The van der Waals surface area contributed by atoms with Gasteiger partial charge in [0.25, 0.3) is 0 Å². The van der Waals surface area contributed by atoms with E-state index >= 15 is 0 Å². The molecule has 152 valence electrons. The summed E-state index contributed by atoms with van der Waals surface area (Å²) in [6, 6.07) is 7.76. The van der Waals surface area contributed by atoms with E-state index in [1.807, 2.05) is 56.9 Å². The van der Waals surface area contributed by atoms with Crippen molar-refractivity contribution in [3.63, 3.8) is 0 Å². The van der Waals surface area contributed by atoms with Gasteiger partial charge in [-0.25, -0.2) is 4.79 Å². The Bertz CT molecular complexity index is 790. The lowest BCUT2D eigenvalue weighted by Gasteiger charge is -2.38. The molecule has 6 nitrogen and oxygen atoms in total. The number of ketones is 1. The topological polar surface area (TPSA) is 66.9 Å².